The molecule has 2 aliphatic rings. The molecule has 0 radical (unpaired) electrons. The first-order chi connectivity index (χ1) is 6.44. The van der Waals surface area contributed by atoms with E-state index in [4.69, 9.17) is 0 Å². The summed E-state index contributed by atoms with van der Waals surface area (Å²) >= 11 is 0. The van der Waals surface area contributed by atoms with Gasteiger partial charge in [-0.2, -0.15) is 0 Å². The molecule has 2 fully saturated rings. The van der Waals surface area contributed by atoms with Crippen molar-refractivity contribution >= 4 is 0 Å². The predicted molar refractivity (Wildman–Crippen MR) is 55.9 cm³/mol. The summed E-state index contributed by atoms with van der Waals surface area (Å²) in [6, 6.07) is 0. The van der Waals surface area contributed by atoms with Crippen LogP contribution in [0.25, 0.3) is 0 Å². The Bertz CT molecular complexity index is 224. The minimum Gasteiger partial charge on any atom is -0.393 e. The van der Waals surface area contributed by atoms with Crippen LogP contribution in [0.2, 0.25) is 0 Å². The molecule has 2 nitrogen and oxygen atoms in total. The van der Waals surface area contributed by atoms with Crippen molar-refractivity contribution in [1.29, 1.82) is 0 Å². The summed E-state index contributed by atoms with van der Waals surface area (Å²) in [7, 11) is 0. The Morgan fingerprint density at radius 2 is 1.86 bits per heavy atom. The Morgan fingerprint density at radius 3 is 2.57 bits per heavy atom. The van der Waals surface area contributed by atoms with Gasteiger partial charge in [-0.25, -0.2) is 0 Å². The van der Waals surface area contributed by atoms with Crippen LogP contribution in [-0.4, -0.2) is 21.9 Å². The molecule has 2 heteroatoms. The zero-order chi connectivity index (χ0) is 10.4. The summed E-state index contributed by atoms with van der Waals surface area (Å²) in [5.74, 6) is 0.631. The average Bonchev–Trinajstić information content (AvgIpc) is 2.06. The van der Waals surface area contributed by atoms with Crippen LogP contribution in [0.3, 0.4) is 0 Å². The molecule has 0 aromatic rings. The lowest BCUT2D eigenvalue weighted by Crippen LogP contribution is -2.51. The average molecular weight is 198 g/mol. The number of aliphatic hydroxyl groups is 2. The summed E-state index contributed by atoms with van der Waals surface area (Å²) in [6.45, 7) is 4.07. The molecule has 0 aliphatic heterocycles. The molecular weight excluding hydrogens is 176 g/mol. The van der Waals surface area contributed by atoms with Gasteiger partial charge in [0.25, 0.3) is 0 Å². The molecule has 0 amide bonds. The van der Waals surface area contributed by atoms with Gasteiger partial charge in [0.1, 0.15) is 0 Å². The topological polar surface area (TPSA) is 40.5 Å². The number of aliphatic hydroxyl groups excluding tert-OH is 1. The molecule has 14 heavy (non-hydrogen) atoms. The van der Waals surface area contributed by atoms with Crippen LogP contribution in [0.1, 0.15) is 52.4 Å². The Balaban J connectivity index is 2.20. The molecule has 0 spiro atoms. The van der Waals surface area contributed by atoms with Gasteiger partial charge in [0, 0.05) is 0 Å². The van der Waals surface area contributed by atoms with E-state index in [0.29, 0.717) is 5.92 Å². The number of fused-ring (bicyclic) bond motifs is 1. The molecule has 0 heterocycles. The number of hydrogen-bond donors (Lipinski definition) is 2. The third-order valence-corrected chi connectivity index (χ3v) is 4.52. The molecule has 0 unspecified atom stereocenters. The lowest BCUT2D eigenvalue weighted by atomic mass is 9.56. The van der Waals surface area contributed by atoms with Crippen molar-refractivity contribution < 1.29 is 10.2 Å². The van der Waals surface area contributed by atoms with Gasteiger partial charge in [-0.15, -0.1) is 0 Å². The van der Waals surface area contributed by atoms with Crippen LogP contribution in [0.4, 0.5) is 0 Å². The zero-order valence-electron chi connectivity index (χ0n) is 9.29. The van der Waals surface area contributed by atoms with Crippen molar-refractivity contribution in [1.82, 2.24) is 0 Å². The Kier molecular flexibility index (Phi) is 2.39. The third-order valence-electron chi connectivity index (χ3n) is 4.52. The van der Waals surface area contributed by atoms with Crippen molar-refractivity contribution in [3.63, 3.8) is 0 Å². The second kappa shape index (κ2) is 3.21. The molecule has 82 valence electrons. The van der Waals surface area contributed by atoms with Gasteiger partial charge < -0.3 is 10.2 Å². The molecule has 0 bridgehead atoms. The second-order valence-electron chi connectivity index (χ2n) is 5.86. The van der Waals surface area contributed by atoms with Gasteiger partial charge in [0.2, 0.25) is 0 Å². The first-order valence-corrected chi connectivity index (χ1v) is 5.84. The van der Waals surface area contributed by atoms with Crippen molar-refractivity contribution in [3.05, 3.63) is 0 Å². The van der Waals surface area contributed by atoms with E-state index in [-0.39, 0.29) is 11.5 Å². The molecular formula is C12H22O2. The third kappa shape index (κ3) is 1.59. The van der Waals surface area contributed by atoms with E-state index in [9.17, 15) is 10.2 Å². The van der Waals surface area contributed by atoms with Crippen LogP contribution >= 0.6 is 0 Å². The monoisotopic (exact) mass is 198 g/mol. The van der Waals surface area contributed by atoms with Gasteiger partial charge in [-0.3, -0.25) is 0 Å². The Labute approximate surface area is 86.3 Å². The van der Waals surface area contributed by atoms with E-state index < -0.39 is 5.60 Å². The van der Waals surface area contributed by atoms with E-state index >= 15 is 0 Å². The van der Waals surface area contributed by atoms with E-state index in [1.165, 1.54) is 6.42 Å². The highest BCUT2D eigenvalue weighted by atomic mass is 16.3. The van der Waals surface area contributed by atoms with Crippen molar-refractivity contribution in [2.75, 3.05) is 0 Å². The fourth-order valence-corrected chi connectivity index (χ4v) is 3.62. The highest BCUT2D eigenvalue weighted by molar-refractivity contribution is 5.00. The maximum absolute atomic E-state index is 10.1. The maximum Gasteiger partial charge on any atom is 0.0626 e. The summed E-state index contributed by atoms with van der Waals surface area (Å²) < 4.78 is 0. The Hall–Kier alpha value is -0.0800. The number of rotatable bonds is 0. The first-order valence-electron chi connectivity index (χ1n) is 5.84. The molecule has 2 rings (SSSR count). The summed E-state index contributed by atoms with van der Waals surface area (Å²) in [6.07, 6.45) is 5.87. The normalized spacial score (nSPS) is 54.0. The van der Waals surface area contributed by atoms with Crippen LogP contribution in [0, 0.1) is 11.3 Å². The van der Waals surface area contributed by atoms with E-state index in [0.717, 1.165) is 32.1 Å². The molecule has 2 saturated carbocycles. The zero-order valence-corrected chi connectivity index (χ0v) is 9.29. The van der Waals surface area contributed by atoms with Crippen molar-refractivity contribution in [2.24, 2.45) is 11.3 Å². The van der Waals surface area contributed by atoms with Crippen LogP contribution in [-0.2, 0) is 0 Å². The molecule has 0 aromatic heterocycles. The van der Waals surface area contributed by atoms with E-state index in [1.54, 1.807) is 0 Å². The number of hydrogen-bond acceptors (Lipinski definition) is 2. The van der Waals surface area contributed by atoms with Gasteiger partial charge in [0.15, 0.2) is 0 Å². The summed E-state index contributed by atoms with van der Waals surface area (Å²) in [5, 5.41) is 20.2. The standard InChI is InChI=1S/C12H22O2/c1-11(14)7-6-9-4-3-5-10(13)12(9,2)8-11/h9-10,13-14H,3-8H2,1-2H3/t9-,10-,11+,12-/m0/s1. The molecule has 2 N–H and O–H groups in total. The fourth-order valence-electron chi connectivity index (χ4n) is 3.62. The largest absolute Gasteiger partial charge is 0.393 e. The van der Waals surface area contributed by atoms with E-state index in [2.05, 4.69) is 6.92 Å². The highest BCUT2D eigenvalue weighted by Gasteiger charge is 2.49. The van der Waals surface area contributed by atoms with Gasteiger partial charge in [0.05, 0.1) is 11.7 Å². The lowest BCUT2D eigenvalue weighted by molar-refractivity contribution is -0.130. The SMILES string of the molecule is C[C@@]1(O)CC[C@@H]2CCC[C@H](O)[C@@]2(C)C1. The molecule has 4 atom stereocenters. The van der Waals surface area contributed by atoms with Crippen molar-refractivity contribution in [3.8, 4) is 0 Å². The molecule has 0 saturated heterocycles. The lowest BCUT2D eigenvalue weighted by Gasteiger charge is -2.52. The van der Waals surface area contributed by atoms with Gasteiger partial charge in [-0.1, -0.05) is 13.3 Å². The van der Waals surface area contributed by atoms with Gasteiger partial charge >= 0.3 is 0 Å². The minimum absolute atomic E-state index is 0.0278. The Morgan fingerprint density at radius 1 is 1.14 bits per heavy atom. The quantitative estimate of drug-likeness (QED) is 0.625. The second-order valence-corrected chi connectivity index (χ2v) is 5.86. The summed E-state index contributed by atoms with van der Waals surface area (Å²) in [5.41, 5.74) is -0.580. The highest BCUT2D eigenvalue weighted by Crippen LogP contribution is 2.52. The predicted octanol–water partition coefficient (Wildman–Crippen LogP) is 2.09. The molecule has 2 aliphatic carbocycles. The fraction of sp³-hybridized carbons (Fsp3) is 1.00. The molecule has 0 aromatic carbocycles. The van der Waals surface area contributed by atoms with E-state index in [1.807, 2.05) is 6.92 Å². The summed E-state index contributed by atoms with van der Waals surface area (Å²) in [4.78, 5) is 0. The van der Waals surface area contributed by atoms with Crippen LogP contribution in [0.15, 0.2) is 0 Å². The van der Waals surface area contributed by atoms with Gasteiger partial charge in [-0.05, 0) is 50.4 Å². The van der Waals surface area contributed by atoms with Crippen molar-refractivity contribution in [2.45, 2.75) is 64.1 Å². The maximum atomic E-state index is 10.1. The smallest absolute Gasteiger partial charge is 0.0626 e. The van der Waals surface area contributed by atoms with Crippen LogP contribution < -0.4 is 0 Å². The first kappa shape index (κ1) is 10.4. The minimum atomic E-state index is -0.552. The van der Waals surface area contributed by atoms with Crippen LogP contribution in [0.5, 0.6) is 0 Å².